The summed E-state index contributed by atoms with van der Waals surface area (Å²) in [6.45, 7) is 6.76. The van der Waals surface area contributed by atoms with Crippen LogP contribution < -0.4 is 11.1 Å². The van der Waals surface area contributed by atoms with E-state index >= 15 is 0 Å². The van der Waals surface area contributed by atoms with Gasteiger partial charge in [0.05, 0.1) is 0 Å². The first kappa shape index (κ1) is 13.4. The van der Waals surface area contributed by atoms with E-state index in [1.54, 1.807) is 0 Å². The van der Waals surface area contributed by atoms with Crippen molar-refractivity contribution in [2.24, 2.45) is 11.7 Å². The van der Waals surface area contributed by atoms with Gasteiger partial charge in [-0.15, -0.1) is 0 Å². The zero-order valence-electron chi connectivity index (χ0n) is 9.68. The fourth-order valence-corrected chi connectivity index (χ4v) is 1.45. The summed E-state index contributed by atoms with van der Waals surface area (Å²) in [6.07, 6.45) is 3.96. The highest BCUT2D eigenvalue weighted by Crippen LogP contribution is 2.05. The lowest BCUT2D eigenvalue weighted by Crippen LogP contribution is -2.38. The standard InChI is InChI=1S/C11H24N2O/c1-4-6-10(5-2)13-11(14)9(3)7-8-12/h9-10H,4-8,12H2,1-3H3,(H,13,14). The summed E-state index contributed by atoms with van der Waals surface area (Å²) in [4.78, 5) is 11.6. The molecule has 14 heavy (non-hydrogen) atoms. The average molecular weight is 200 g/mol. The van der Waals surface area contributed by atoms with Gasteiger partial charge in [-0.05, 0) is 25.8 Å². The van der Waals surface area contributed by atoms with Crippen LogP contribution in [-0.4, -0.2) is 18.5 Å². The van der Waals surface area contributed by atoms with E-state index in [9.17, 15) is 4.79 Å². The first-order chi connectivity index (χ1) is 6.65. The summed E-state index contributed by atoms with van der Waals surface area (Å²) >= 11 is 0. The predicted molar refractivity (Wildman–Crippen MR) is 60.0 cm³/mol. The van der Waals surface area contributed by atoms with Crippen molar-refractivity contribution < 1.29 is 4.79 Å². The Morgan fingerprint density at radius 2 is 2.00 bits per heavy atom. The number of nitrogens with one attached hydrogen (secondary N) is 1. The smallest absolute Gasteiger partial charge is 0.223 e. The highest BCUT2D eigenvalue weighted by atomic mass is 16.1. The second-order valence-electron chi connectivity index (χ2n) is 3.88. The Labute approximate surface area is 87.4 Å². The van der Waals surface area contributed by atoms with E-state index in [0.717, 1.165) is 25.7 Å². The van der Waals surface area contributed by atoms with Crippen LogP contribution in [0.1, 0.15) is 46.5 Å². The molecule has 2 atom stereocenters. The average Bonchev–Trinajstić information content (AvgIpc) is 2.17. The summed E-state index contributed by atoms with van der Waals surface area (Å²) < 4.78 is 0. The molecule has 0 spiro atoms. The van der Waals surface area contributed by atoms with Crippen molar-refractivity contribution >= 4 is 5.91 Å². The zero-order chi connectivity index (χ0) is 11.0. The second kappa shape index (κ2) is 7.80. The maximum atomic E-state index is 11.6. The van der Waals surface area contributed by atoms with Crippen LogP contribution in [0, 0.1) is 5.92 Å². The van der Waals surface area contributed by atoms with E-state index in [0.29, 0.717) is 12.6 Å². The molecule has 3 N–H and O–H groups in total. The van der Waals surface area contributed by atoms with Crippen molar-refractivity contribution in [3.8, 4) is 0 Å². The van der Waals surface area contributed by atoms with Crippen molar-refractivity contribution in [2.45, 2.75) is 52.5 Å². The molecule has 0 bridgehead atoms. The third kappa shape index (κ3) is 5.22. The SMILES string of the molecule is CCCC(CC)NC(=O)C(C)CCN. The highest BCUT2D eigenvalue weighted by Gasteiger charge is 2.15. The second-order valence-corrected chi connectivity index (χ2v) is 3.88. The maximum absolute atomic E-state index is 11.6. The number of amides is 1. The van der Waals surface area contributed by atoms with E-state index in [-0.39, 0.29) is 11.8 Å². The minimum Gasteiger partial charge on any atom is -0.353 e. The van der Waals surface area contributed by atoms with Crippen LogP contribution in [-0.2, 0) is 4.79 Å². The fourth-order valence-electron chi connectivity index (χ4n) is 1.45. The number of carbonyl (C=O) groups is 1. The van der Waals surface area contributed by atoms with Gasteiger partial charge in [0, 0.05) is 12.0 Å². The molecule has 84 valence electrons. The van der Waals surface area contributed by atoms with Crippen LogP contribution in [0.5, 0.6) is 0 Å². The molecule has 0 aliphatic carbocycles. The maximum Gasteiger partial charge on any atom is 0.223 e. The Hall–Kier alpha value is -0.570. The first-order valence-corrected chi connectivity index (χ1v) is 5.66. The molecular weight excluding hydrogens is 176 g/mol. The Bertz CT molecular complexity index is 159. The Morgan fingerprint density at radius 3 is 2.43 bits per heavy atom. The van der Waals surface area contributed by atoms with E-state index in [1.807, 2.05) is 6.92 Å². The molecule has 3 heteroatoms. The van der Waals surface area contributed by atoms with Crippen LogP contribution >= 0.6 is 0 Å². The molecule has 0 rings (SSSR count). The molecular formula is C11H24N2O. The van der Waals surface area contributed by atoms with Crippen LogP contribution in [0.25, 0.3) is 0 Å². The molecule has 0 aromatic rings. The third-order valence-electron chi connectivity index (χ3n) is 2.52. The van der Waals surface area contributed by atoms with Gasteiger partial charge >= 0.3 is 0 Å². The Kier molecular flexibility index (Phi) is 7.48. The number of rotatable bonds is 7. The summed E-state index contributed by atoms with van der Waals surface area (Å²) in [7, 11) is 0. The van der Waals surface area contributed by atoms with E-state index < -0.39 is 0 Å². The normalized spacial score (nSPS) is 14.9. The van der Waals surface area contributed by atoms with Gasteiger partial charge in [0.15, 0.2) is 0 Å². The van der Waals surface area contributed by atoms with E-state index in [2.05, 4.69) is 19.2 Å². The fraction of sp³-hybridized carbons (Fsp3) is 0.909. The lowest BCUT2D eigenvalue weighted by atomic mass is 10.0. The molecule has 0 aliphatic rings. The monoisotopic (exact) mass is 200 g/mol. The largest absolute Gasteiger partial charge is 0.353 e. The van der Waals surface area contributed by atoms with Crippen LogP contribution in [0.3, 0.4) is 0 Å². The minimum atomic E-state index is 0.0471. The van der Waals surface area contributed by atoms with E-state index in [1.165, 1.54) is 0 Å². The van der Waals surface area contributed by atoms with Crippen molar-refractivity contribution in [2.75, 3.05) is 6.54 Å². The summed E-state index contributed by atoms with van der Waals surface area (Å²) in [5.74, 6) is 0.196. The molecule has 0 saturated carbocycles. The van der Waals surface area contributed by atoms with Crippen LogP contribution in [0.15, 0.2) is 0 Å². The molecule has 1 amide bonds. The number of carbonyl (C=O) groups excluding carboxylic acids is 1. The molecule has 0 heterocycles. The topological polar surface area (TPSA) is 55.1 Å². The number of hydrogen-bond acceptors (Lipinski definition) is 2. The first-order valence-electron chi connectivity index (χ1n) is 5.66. The van der Waals surface area contributed by atoms with Gasteiger partial charge in [0.1, 0.15) is 0 Å². The minimum absolute atomic E-state index is 0.0471. The third-order valence-corrected chi connectivity index (χ3v) is 2.52. The lowest BCUT2D eigenvalue weighted by Gasteiger charge is -2.18. The van der Waals surface area contributed by atoms with Crippen molar-refractivity contribution in [3.63, 3.8) is 0 Å². The van der Waals surface area contributed by atoms with Gasteiger partial charge in [0.25, 0.3) is 0 Å². The molecule has 0 fully saturated rings. The predicted octanol–water partition coefficient (Wildman–Crippen LogP) is 1.67. The van der Waals surface area contributed by atoms with Crippen LogP contribution in [0.2, 0.25) is 0 Å². The van der Waals surface area contributed by atoms with Crippen molar-refractivity contribution in [3.05, 3.63) is 0 Å². The summed E-state index contributed by atoms with van der Waals surface area (Å²) in [5.41, 5.74) is 5.41. The van der Waals surface area contributed by atoms with Gasteiger partial charge in [-0.2, -0.15) is 0 Å². The van der Waals surface area contributed by atoms with E-state index in [4.69, 9.17) is 5.73 Å². The number of nitrogens with two attached hydrogens (primary N) is 1. The molecule has 0 aromatic carbocycles. The molecule has 0 radical (unpaired) electrons. The number of hydrogen-bond donors (Lipinski definition) is 2. The van der Waals surface area contributed by atoms with Gasteiger partial charge < -0.3 is 11.1 Å². The lowest BCUT2D eigenvalue weighted by molar-refractivity contribution is -0.125. The zero-order valence-corrected chi connectivity index (χ0v) is 9.68. The van der Waals surface area contributed by atoms with Crippen LogP contribution in [0.4, 0.5) is 0 Å². The quantitative estimate of drug-likeness (QED) is 0.657. The van der Waals surface area contributed by atoms with Crippen molar-refractivity contribution in [1.29, 1.82) is 0 Å². The molecule has 3 nitrogen and oxygen atoms in total. The summed E-state index contributed by atoms with van der Waals surface area (Å²) in [5, 5.41) is 3.06. The molecule has 0 saturated heterocycles. The van der Waals surface area contributed by atoms with Gasteiger partial charge in [-0.3, -0.25) is 4.79 Å². The van der Waals surface area contributed by atoms with Crippen molar-refractivity contribution in [1.82, 2.24) is 5.32 Å². The Morgan fingerprint density at radius 1 is 1.36 bits per heavy atom. The summed E-state index contributed by atoms with van der Waals surface area (Å²) in [6, 6.07) is 0.340. The van der Waals surface area contributed by atoms with Gasteiger partial charge in [-0.25, -0.2) is 0 Å². The molecule has 2 unspecified atom stereocenters. The van der Waals surface area contributed by atoms with Gasteiger partial charge in [0.2, 0.25) is 5.91 Å². The molecule has 0 aromatic heterocycles. The molecule has 0 aliphatic heterocycles. The van der Waals surface area contributed by atoms with Gasteiger partial charge in [-0.1, -0.05) is 27.2 Å². The highest BCUT2D eigenvalue weighted by molar-refractivity contribution is 5.78. The Balaban J connectivity index is 3.88.